The highest BCUT2D eigenvalue weighted by Crippen LogP contribution is 2.41. The molecule has 0 amide bonds. The quantitative estimate of drug-likeness (QED) is 0.0837. The number of nitrogens with zero attached hydrogens (tertiary/aromatic N) is 1. The molecule has 0 saturated carbocycles. The van der Waals surface area contributed by atoms with Crippen molar-refractivity contribution >= 4 is 23.2 Å². The lowest BCUT2D eigenvalue weighted by atomic mass is 9.92. The Hall–Kier alpha value is -3.55. The van der Waals surface area contributed by atoms with E-state index in [2.05, 4.69) is 0 Å². The summed E-state index contributed by atoms with van der Waals surface area (Å²) in [6.07, 6.45) is 2.88. The minimum absolute atomic E-state index is 0.0370. The summed E-state index contributed by atoms with van der Waals surface area (Å²) in [4.78, 5) is 49.3. The van der Waals surface area contributed by atoms with Crippen molar-refractivity contribution < 1.29 is 28.8 Å². The lowest BCUT2D eigenvalue weighted by Gasteiger charge is -2.15. The zero-order valence-corrected chi connectivity index (χ0v) is 19.9. The summed E-state index contributed by atoms with van der Waals surface area (Å²) < 4.78 is 10.9. The minimum Gasteiger partial charge on any atom is -0.487 e. The Morgan fingerprint density at radius 1 is 1.00 bits per heavy atom. The summed E-state index contributed by atoms with van der Waals surface area (Å²) >= 11 is 0. The van der Waals surface area contributed by atoms with Crippen molar-refractivity contribution in [1.29, 1.82) is 0 Å². The molecule has 0 aliphatic heterocycles. The number of rotatable bonds is 14. The summed E-state index contributed by atoms with van der Waals surface area (Å²) in [5, 5.41) is 11.9. The largest absolute Gasteiger partial charge is 0.487 e. The molecule has 2 aromatic carbocycles. The number of carbonyl (C=O) groups excluding carboxylic acids is 3. The van der Waals surface area contributed by atoms with Gasteiger partial charge in [-0.3, -0.25) is 24.5 Å². The maximum Gasteiger partial charge on any atom is 0.353 e. The van der Waals surface area contributed by atoms with Gasteiger partial charge >= 0.3 is 11.7 Å². The second-order valence-corrected chi connectivity index (χ2v) is 8.08. The third kappa shape index (κ3) is 7.23. The number of Topliss-reactive ketones (excluding diaryl/α,β-unsaturated/α-hetero) is 2. The molecular weight excluding hydrogens is 438 g/mol. The molecular formula is C26H31NO7. The summed E-state index contributed by atoms with van der Waals surface area (Å²) in [6, 6.07) is 11.3. The first kappa shape index (κ1) is 26.7. The van der Waals surface area contributed by atoms with Gasteiger partial charge in [0.25, 0.3) is 0 Å². The van der Waals surface area contributed by atoms with Gasteiger partial charge in [-0.15, -0.1) is 0 Å². The monoisotopic (exact) mass is 469 g/mol. The number of esters is 1. The molecule has 2 aromatic rings. The van der Waals surface area contributed by atoms with Crippen LogP contribution in [0.5, 0.6) is 11.5 Å². The van der Waals surface area contributed by atoms with Crippen molar-refractivity contribution in [3.8, 4) is 11.5 Å². The lowest BCUT2D eigenvalue weighted by molar-refractivity contribution is -0.386. The molecule has 182 valence electrons. The van der Waals surface area contributed by atoms with Gasteiger partial charge in [-0.1, -0.05) is 63.9 Å². The number of ketones is 2. The summed E-state index contributed by atoms with van der Waals surface area (Å²) in [5.41, 5.74) is -0.210. The van der Waals surface area contributed by atoms with Crippen molar-refractivity contribution in [3.05, 3.63) is 63.7 Å². The maximum atomic E-state index is 13.1. The lowest BCUT2D eigenvalue weighted by Crippen LogP contribution is -2.18. The molecule has 0 fully saturated rings. The van der Waals surface area contributed by atoms with Crippen LogP contribution < -0.4 is 9.47 Å². The van der Waals surface area contributed by atoms with Gasteiger partial charge < -0.3 is 9.47 Å². The van der Waals surface area contributed by atoms with E-state index in [1.807, 2.05) is 6.92 Å². The zero-order chi connectivity index (χ0) is 25.1. The van der Waals surface area contributed by atoms with Gasteiger partial charge in [0, 0.05) is 24.3 Å². The Labute approximate surface area is 199 Å². The predicted octanol–water partition coefficient (Wildman–Crippen LogP) is 5.96. The second-order valence-electron chi connectivity index (χ2n) is 8.08. The number of hydrogen-bond donors (Lipinski definition) is 0. The van der Waals surface area contributed by atoms with E-state index in [1.54, 1.807) is 44.2 Å². The Balaban J connectivity index is 2.39. The molecule has 0 radical (unpaired) electrons. The Morgan fingerprint density at radius 2 is 1.71 bits per heavy atom. The molecule has 8 heteroatoms. The van der Waals surface area contributed by atoms with Crippen LogP contribution in [0, 0.1) is 16.0 Å². The fourth-order valence-corrected chi connectivity index (χ4v) is 3.44. The molecule has 0 N–H and O–H groups in total. The van der Waals surface area contributed by atoms with Crippen molar-refractivity contribution in [3.63, 3.8) is 0 Å². The third-order valence-electron chi connectivity index (χ3n) is 5.25. The number of hydrogen-bond acceptors (Lipinski definition) is 7. The molecule has 34 heavy (non-hydrogen) atoms. The highest BCUT2D eigenvalue weighted by Gasteiger charge is 2.32. The van der Waals surface area contributed by atoms with Crippen LogP contribution in [0.2, 0.25) is 0 Å². The van der Waals surface area contributed by atoms with Gasteiger partial charge in [0.05, 0.1) is 17.1 Å². The van der Waals surface area contributed by atoms with Crippen LogP contribution in [0.15, 0.2) is 42.5 Å². The van der Waals surface area contributed by atoms with E-state index in [0.717, 1.165) is 12.8 Å². The smallest absolute Gasteiger partial charge is 0.353 e. The fraction of sp³-hybridized carbons (Fsp3) is 0.423. The molecule has 0 heterocycles. The topological polar surface area (TPSA) is 113 Å². The normalized spacial score (nSPS) is 11.5. The average molecular weight is 470 g/mol. The van der Waals surface area contributed by atoms with Gasteiger partial charge in [-0.2, -0.15) is 0 Å². The van der Waals surface area contributed by atoms with E-state index >= 15 is 0 Å². The van der Waals surface area contributed by atoms with E-state index in [9.17, 15) is 24.5 Å². The number of unbranched alkanes of at least 4 members (excludes halogenated alkanes) is 2. The molecule has 1 atom stereocenters. The van der Waals surface area contributed by atoms with Crippen LogP contribution >= 0.6 is 0 Å². The second kappa shape index (κ2) is 13.2. The molecule has 0 aliphatic rings. The summed E-state index contributed by atoms with van der Waals surface area (Å²) in [5.74, 6) is -2.60. The van der Waals surface area contributed by atoms with E-state index in [0.29, 0.717) is 18.4 Å². The minimum atomic E-state index is -0.709. The Bertz CT molecular complexity index is 1020. The van der Waals surface area contributed by atoms with Gasteiger partial charge in [0.2, 0.25) is 11.5 Å². The molecule has 0 bridgehead atoms. The molecule has 1 unspecified atom stereocenters. The van der Waals surface area contributed by atoms with Crippen LogP contribution in [0.25, 0.3) is 0 Å². The molecule has 0 saturated heterocycles. The first-order valence-corrected chi connectivity index (χ1v) is 11.6. The molecule has 0 aliphatic carbocycles. The van der Waals surface area contributed by atoms with Gasteiger partial charge in [0.15, 0.2) is 11.6 Å². The van der Waals surface area contributed by atoms with E-state index in [-0.39, 0.29) is 36.5 Å². The highest BCUT2D eigenvalue weighted by molar-refractivity contribution is 6.05. The van der Waals surface area contributed by atoms with Gasteiger partial charge in [-0.25, -0.2) is 0 Å². The molecule has 2 rings (SSSR count). The van der Waals surface area contributed by atoms with Crippen molar-refractivity contribution in [2.75, 3.05) is 6.61 Å². The van der Waals surface area contributed by atoms with Gasteiger partial charge in [0.1, 0.15) is 0 Å². The number of nitro groups is 1. The fourth-order valence-electron chi connectivity index (χ4n) is 3.44. The van der Waals surface area contributed by atoms with Crippen molar-refractivity contribution in [1.82, 2.24) is 0 Å². The average Bonchev–Trinajstić information content (AvgIpc) is 2.81. The van der Waals surface area contributed by atoms with Crippen LogP contribution in [0.4, 0.5) is 5.69 Å². The Morgan fingerprint density at radius 3 is 2.32 bits per heavy atom. The number of carbonyl (C=O) groups is 3. The number of benzene rings is 2. The molecule has 0 aromatic heterocycles. The van der Waals surface area contributed by atoms with Crippen molar-refractivity contribution in [2.45, 2.75) is 59.3 Å². The summed E-state index contributed by atoms with van der Waals surface area (Å²) in [7, 11) is 0. The van der Waals surface area contributed by atoms with E-state index in [1.165, 1.54) is 12.1 Å². The molecule has 0 spiro atoms. The van der Waals surface area contributed by atoms with E-state index < -0.39 is 34.0 Å². The van der Waals surface area contributed by atoms with Crippen LogP contribution in [-0.4, -0.2) is 29.1 Å². The van der Waals surface area contributed by atoms with Crippen molar-refractivity contribution in [2.24, 2.45) is 5.92 Å². The van der Waals surface area contributed by atoms with Gasteiger partial charge in [-0.05, 0) is 25.0 Å². The van der Waals surface area contributed by atoms with Crippen LogP contribution in [0.1, 0.15) is 80.0 Å². The molecule has 8 nitrogen and oxygen atoms in total. The zero-order valence-electron chi connectivity index (χ0n) is 19.9. The number of ether oxygens (including phenoxy) is 2. The maximum absolute atomic E-state index is 13.1. The standard InChI is InChI=1S/C26H31NO7/c1-4-6-10-16-33-22-15-14-20(26(24(22)27(31)32)34-23(29)11-5-2)21(28)17-18(3)25(30)19-12-8-7-9-13-19/h7-9,12-15,18H,4-6,10-11,16-17H2,1-3H3. The van der Waals surface area contributed by atoms with Crippen LogP contribution in [-0.2, 0) is 4.79 Å². The first-order valence-electron chi connectivity index (χ1n) is 11.6. The van der Waals surface area contributed by atoms with Crippen LogP contribution in [0.3, 0.4) is 0 Å². The summed E-state index contributed by atoms with van der Waals surface area (Å²) in [6.45, 7) is 5.67. The van der Waals surface area contributed by atoms with E-state index in [4.69, 9.17) is 9.47 Å². The Kier molecular flexibility index (Phi) is 10.4. The highest BCUT2D eigenvalue weighted by atomic mass is 16.6. The number of nitro benzene ring substituents is 1. The predicted molar refractivity (Wildman–Crippen MR) is 128 cm³/mol. The first-order chi connectivity index (χ1) is 16.3. The third-order valence-corrected chi connectivity index (χ3v) is 5.25. The SMILES string of the molecule is CCCCCOc1ccc(C(=O)CC(C)C(=O)c2ccccc2)c(OC(=O)CCC)c1[N+](=O)[O-].